The summed E-state index contributed by atoms with van der Waals surface area (Å²) in [7, 11) is 0. The van der Waals surface area contributed by atoms with E-state index in [1.165, 1.54) is 38.5 Å². The highest BCUT2D eigenvalue weighted by molar-refractivity contribution is 14.1. The van der Waals surface area contributed by atoms with Gasteiger partial charge in [-0.1, -0.05) is 57.9 Å². The van der Waals surface area contributed by atoms with E-state index < -0.39 is 17.9 Å². The van der Waals surface area contributed by atoms with E-state index in [0.29, 0.717) is 3.58 Å². The molecule has 0 fully saturated rings. The summed E-state index contributed by atoms with van der Waals surface area (Å²) in [6, 6.07) is 0. The number of carboxylic acid groups (broad SMARTS) is 2. The van der Waals surface area contributed by atoms with Crippen LogP contribution in [0.25, 0.3) is 0 Å². The third kappa shape index (κ3) is 11.7. The summed E-state index contributed by atoms with van der Waals surface area (Å²) in [5.74, 6) is -3.04. The van der Waals surface area contributed by atoms with Crippen molar-refractivity contribution in [3.05, 3.63) is 9.66 Å². The lowest BCUT2D eigenvalue weighted by atomic mass is 10.0. The van der Waals surface area contributed by atoms with E-state index in [2.05, 4.69) is 6.92 Å². The van der Waals surface area contributed by atoms with Gasteiger partial charge in [0.15, 0.2) is 0 Å². The summed E-state index contributed by atoms with van der Waals surface area (Å²) in [4.78, 5) is 21.7. The summed E-state index contributed by atoms with van der Waals surface area (Å²) < 4.78 is 0.630. The van der Waals surface area contributed by atoms with E-state index in [9.17, 15) is 9.59 Å². The van der Waals surface area contributed by atoms with Crippen LogP contribution in [0, 0.1) is 5.92 Å². The second kappa shape index (κ2) is 13.1. The summed E-state index contributed by atoms with van der Waals surface area (Å²) >= 11 is 1.95. The zero-order valence-corrected chi connectivity index (χ0v) is 15.0. The van der Waals surface area contributed by atoms with Gasteiger partial charge in [-0.25, -0.2) is 0 Å². The standard InChI is InChI=1S/C16H27IO4/c1-2-3-4-5-6-7-8-9-10-11-14(17)13(16(20)21)12-15(18)19/h11,13H,2-10,12H2,1H3,(H,18,19)(H,20,21). The molecule has 0 aliphatic carbocycles. The summed E-state index contributed by atoms with van der Waals surface area (Å²) in [5.41, 5.74) is 0. The molecular formula is C16H27IO4. The van der Waals surface area contributed by atoms with Crippen molar-refractivity contribution in [1.82, 2.24) is 0 Å². The lowest BCUT2D eigenvalue weighted by Crippen LogP contribution is -2.17. The number of halogens is 1. The van der Waals surface area contributed by atoms with Crippen LogP contribution < -0.4 is 0 Å². The Morgan fingerprint density at radius 3 is 2.00 bits per heavy atom. The molecule has 0 aromatic carbocycles. The van der Waals surface area contributed by atoms with Crippen LogP contribution in [0.3, 0.4) is 0 Å². The van der Waals surface area contributed by atoms with E-state index in [0.717, 1.165) is 19.3 Å². The maximum atomic E-state index is 11.0. The molecule has 0 spiro atoms. The van der Waals surface area contributed by atoms with Crippen LogP contribution in [0.5, 0.6) is 0 Å². The van der Waals surface area contributed by atoms with Crippen LogP contribution in [0.2, 0.25) is 0 Å². The SMILES string of the molecule is CCCCCCCCCCC=C(I)C(CC(=O)O)C(=O)O. The van der Waals surface area contributed by atoms with E-state index in [1.807, 2.05) is 28.7 Å². The van der Waals surface area contributed by atoms with Crippen molar-refractivity contribution < 1.29 is 19.8 Å². The molecule has 0 aromatic heterocycles. The maximum Gasteiger partial charge on any atom is 0.312 e. The van der Waals surface area contributed by atoms with Crippen molar-refractivity contribution in [2.24, 2.45) is 5.92 Å². The average molecular weight is 410 g/mol. The molecule has 1 unspecified atom stereocenters. The van der Waals surface area contributed by atoms with Crippen LogP contribution in [-0.2, 0) is 9.59 Å². The fourth-order valence-corrected chi connectivity index (χ4v) is 2.94. The topological polar surface area (TPSA) is 74.6 Å². The Morgan fingerprint density at radius 2 is 1.52 bits per heavy atom. The molecule has 2 N–H and O–H groups in total. The number of rotatable bonds is 13. The molecule has 0 aromatic rings. The minimum atomic E-state index is -1.07. The summed E-state index contributed by atoms with van der Waals surface area (Å²) in [6.07, 6.45) is 12.3. The zero-order valence-electron chi connectivity index (χ0n) is 12.8. The van der Waals surface area contributed by atoms with Crippen molar-refractivity contribution >= 4 is 34.5 Å². The van der Waals surface area contributed by atoms with Crippen molar-refractivity contribution in [2.45, 2.75) is 71.1 Å². The minimum absolute atomic E-state index is 0.346. The highest BCUT2D eigenvalue weighted by atomic mass is 127. The molecule has 0 radical (unpaired) electrons. The normalized spacial score (nSPS) is 13.1. The van der Waals surface area contributed by atoms with Gasteiger partial charge in [0.05, 0.1) is 12.3 Å². The van der Waals surface area contributed by atoms with Gasteiger partial charge in [-0.2, -0.15) is 0 Å². The third-order valence-electron chi connectivity index (χ3n) is 3.41. The van der Waals surface area contributed by atoms with Gasteiger partial charge in [-0.05, 0) is 35.4 Å². The van der Waals surface area contributed by atoms with Gasteiger partial charge in [-0.15, -0.1) is 0 Å². The van der Waals surface area contributed by atoms with Gasteiger partial charge in [0, 0.05) is 3.58 Å². The Balaban J connectivity index is 3.84. The Kier molecular flexibility index (Phi) is 12.7. The lowest BCUT2D eigenvalue weighted by Gasteiger charge is -2.09. The van der Waals surface area contributed by atoms with Crippen LogP contribution in [-0.4, -0.2) is 22.2 Å². The van der Waals surface area contributed by atoms with E-state index in [4.69, 9.17) is 10.2 Å². The molecular weight excluding hydrogens is 383 g/mol. The highest BCUT2D eigenvalue weighted by Gasteiger charge is 2.23. The second-order valence-electron chi connectivity index (χ2n) is 5.34. The molecule has 1 atom stereocenters. The van der Waals surface area contributed by atoms with Gasteiger partial charge in [0.25, 0.3) is 0 Å². The predicted molar refractivity (Wildman–Crippen MR) is 92.7 cm³/mol. The Bertz CT molecular complexity index is 339. The first-order valence-corrected chi connectivity index (χ1v) is 8.87. The molecule has 122 valence electrons. The van der Waals surface area contributed by atoms with Crippen molar-refractivity contribution in [2.75, 3.05) is 0 Å². The minimum Gasteiger partial charge on any atom is -0.481 e. The molecule has 0 saturated carbocycles. The van der Waals surface area contributed by atoms with Crippen LogP contribution in [0.4, 0.5) is 0 Å². The van der Waals surface area contributed by atoms with Crippen LogP contribution >= 0.6 is 22.6 Å². The number of hydrogen-bond acceptors (Lipinski definition) is 2. The van der Waals surface area contributed by atoms with Gasteiger partial charge < -0.3 is 10.2 Å². The van der Waals surface area contributed by atoms with Crippen LogP contribution in [0.1, 0.15) is 71.1 Å². The summed E-state index contributed by atoms with van der Waals surface area (Å²) in [5, 5.41) is 17.7. The smallest absolute Gasteiger partial charge is 0.312 e. The Hall–Kier alpha value is -0.590. The van der Waals surface area contributed by atoms with E-state index >= 15 is 0 Å². The maximum absolute atomic E-state index is 11.0. The largest absolute Gasteiger partial charge is 0.481 e. The monoisotopic (exact) mass is 410 g/mol. The third-order valence-corrected chi connectivity index (χ3v) is 4.60. The Morgan fingerprint density at radius 1 is 1.00 bits per heavy atom. The average Bonchev–Trinajstić information content (AvgIpc) is 2.42. The van der Waals surface area contributed by atoms with Crippen molar-refractivity contribution in [3.8, 4) is 0 Å². The van der Waals surface area contributed by atoms with Gasteiger partial charge in [-0.3, -0.25) is 9.59 Å². The number of carboxylic acids is 2. The molecule has 0 bridgehead atoms. The molecule has 0 heterocycles. The first-order valence-electron chi connectivity index (χ1n) is 7.79. The van der Waals surface area contributed by atoms with Gasteiger partial charge >= 0.3 is 11.9 Å². The van der Waals surface area contributed by atoms with Gasteiger partial charge in [0.2, 0.25) is 0 Å². The molecule has 0 aliphatic rings. The van der Waals surface area contributed by atoms with E-state index in [-0.39, 0.29) is 6.42 Å². The molecule has 0 saturated heterocycles. The summed E-state index contributed by atoms with van der Waals surface area (Å²) in [6.45, 7) is 2.21. The fraction of sp³-hybridized carbons (Fsp3) is 0.750. The first-order chi connectivity index (χ1) is 9.99. The number of unbranched alkanes of at least 4 members (excludes halogenated alkanes) is 8. The lowest BCUT2D eigenvalue weighted by molar-refractivity contribution is -0.146. The number of carbonyl (C=O) groups is 2. The van der Waals surface area contributed by atoms with Crippen molar-refractivity contribution in [1.29, 1.82) is 0 Å². The second-order valence-corrected chi connectivity index (χ2v) is 6.59. The quantitative estimate of drug-likeness (QED) is 0.331. The van der Waals surface area contributed by atoms with Crippen molar-refractivity contribution in [3.63, 3.8) is 0 Å². The van der Waals surface area contributed by atoms with Gasteiger partial charge in [0.1, 0.15) is 0 Å². The van der Waals surface area contributed by atoms with Crippen LogP contribution in [0.15, 0.2) is 9.66 Å². The zero-order chi connectivity index (χ0) is 16.1. The molecule has 0 rings (SSSR count). The molecule has 0 amide bonds. The Labute approximate surface area is 141 Å². The first kappa shape index (κ1) is 20.4. The predicted octanol–water partition coefficient (Wildman–Crippen LogP) is 5.01. The van der Waals surface area contributed by atoms with E-state index in [1.54, 1.807) is 0 Å². The highest BCUT2D eigenvalue weighted by Crippen LogP contribution is 2.24. The molecule has 5 heteroatoms. The molecule has 4 nitrogen and oxygen atoms in total. The fourth-order valence-electron chi connectivity index (χ4n) is 2.14. The molecule has 0 aliphatic heterocycles. The number of allylic oxidation sites excluding steroid dienone is 1. The molecule has 21 heavy (non-hydrogen) atoms. The number of aliphatic carboxylic acids is 2. The number of hydrogen-bond donors (Lipinski definition) is 2.